The fourth-order valence-electron chi connectivity index (χ4n) is 3.00. The number of nitrogens with zero attached hydrogens (tertiary/aromatic N) is 1. The summed E-state index contributed by atoms with van der Waals surface area (Å²) < 4.78 is 0. The summed E-state index contributed by atoms with van der Waals surface area (Å²) in [5, 5.41) is 17.3. The minimum absolute atomic E-state index is 0.0399. The molecule has 21 heavy (non-hydrogen) atoms. The van der Waals surface area contributed by atoms with Crippen molar-refractivity contribution in [3.05, 3.63) is 27.8 Å². The molecule has 6 nitrogen and oxygen atoms in total. The van der Waals surface area contributed by atoms with Gasteiger partial charge in [-0.15, -0.1) is 0 Å². The first-order valence-corrected chi connectivity index (χ1v) is 7.46. The number of nitro benzene ring substituents is 1. The molecule has 1 fully saturated rings. The van der Waals surface area contributed by atoms with Gasteiger partial charge in [0.25, 0.3) is 5.69 Å². The summed E-state index contributed by atoms with van der Waals surface area (Å²) in [6.45, 7) is 2.15. The summed E-state index contributed by atoms with van der Waals surface area (Å²) in [4.78, 5) is 22.3. The van der Waals surface area contributed by atoms with Gasteiger partial charge in [0.05, 0.1) is 10.6 Å². The number of fused-ring (bicyclic) bond motifs is 1. The molecule has 6 heteroatoms. The Kier molecular flexibility index (Phi) is 3.53. The van der Waals surface area contributed by atoms with Crippen LogP contribution in [0.4, 0.5) is 17.1 Å². The van der Waals surface area contributed by atoms with Crippen LogP contribution in [-0.2, 0) is 11.2 Å². The summed E-state index contributed by atoms with van der Waals surface area (Å²) in [6, 6.07) is 3.65. The molecule has 2 aliphatic rings. The zero-order valence-corrected chi connectivity index (χ0v) is 12.0. The van der Waals surface area contributed by atoms with Gasteiger partial charge >= 0.3 is 0 Å². The second kappa shape index (κ2) is 5.35. The number of hydrogen-bond donors (Lipinski definition) is 2. The number of carbonyl (C=O) groups excluding carboxylic acids is 1. The Morgan fingerprint density at radius 1 is 1.43 bits per heavy atom. The Morgan fingerprint density at radius 3 is 2.95 bits per heavy atom. The highest BCUT2D eigenvalue weighted by atomic mass is 16.6. The molecular formula is C15H19N3O3. The third-order valence-electron chi connectivity index (χ3n) is 4.24. The van der Waals surface area contributed by atoms with Crippen molar-refractivity contribution in [3.8, 4) is 0 Å². The van der Waals surface area contributed by atoms with Gasteiger partial charge in [-0.2, -0.15) is 0 Å². The highest BCUT2D eigenvalue weighted by Gasteiger charge is 2.37. The highest BCUT2D eigenvalue weighted by molar-refractivity contribution is 5.95. The molecule has 0 aromatic heterocycles. The van der Waals surface area contributed by atoms with E-state index in [9.17, 15) is 14.9 Å². The van der Waals surface area contributed by atoms with Crippen LogP contribution in [-0.4, -0.2) is 16.9 Å². The Labute approximate surface area is 123 Å². The van der Waals surface area contributed by atoms with E-state index in [-0.39, 0.29) is 16.5 Å². The van der Waals surface area contributed by atoms with E-state index in [1.807, 2.05) is 6.07 Å². The van der Waals surface area contributed by atoms with E-state index >= 15 is 0 Å². The van der Waals surface area contributed by atoms with E-state index < -0.39 is 0 Å². The maximum atomic E-state index is 11.4. The predicted molar refractivity (Wildman–Crippen MR) is 80.5 cm³/mol. The van der Waals surface area contributed by atoms with E-state index in [1.165, 1.54) is 6.07 Å². The lowest BCUT2D eigenvalue weighted by molar-refractivity contribution is -0.383. The summed E-state index contributed by atoms with van der Waals surface area (Å²) in [5.41, 5.74) is 2.16. The van der Waals surface area contributed by atoms with Gasteiger partial charge in [-0.05, 0) is 36.8 Å². The summed E-state index contributed by atoms with van der Waals surface area (Å²) in [6.07, 6.45) is 4.45. The van der Waals surface area contributed by atoms with Crippen LogP contribution in [0, 0.1) is 16.0 Å². The summed E-state index contributed by atoms with van der Waals surface area (Å²) >= 11 is 0. The fourth-order valence-corrected chi connectivity index (χ4v) is 3.00. The molecule has 1 saturated carbocycles. The quantitative estimate of drug-likeness (QED) is 0.644. The number of aryl methyl sites for hydroxylation is 1. The fraction of sp³-hybridized carbons (Fsp3) is 0.533. The molecule has 0 radical (unpaired) electrons. The topological polar surface area (TPSA) is 84.3 Å². The van der Waals surface area contributed by atoms with Gasteiger partial charge in [0.2, 0.25) is 5.91 Å². The number of nitrogens with one attached hydrogen (secondary N) is 2. The van der Waals surface area contributed by atoms with Crippen molar-refractivity contribution in [2.75, 3.05) is 10.6 Å². The third-order valence-corrected chi connectivity index (χ3v) is 4.24. The van der Waals surface area contributed by atoms with Crippen LogP contribution in [0.25, 0.3) is 0 Å². The van der Waals surface area contributed by atoms with Crippen molar-refractivity contribution in [3.63, 3.8) is 0 Å². The smallest absolute Gasteiger partial charge is 0.294 e. The third kappa shape index (κ3) is 2.84. The van der Waals surface area contributed by atoms with Crippen molar-refractivity contribution in [1.29, 1.82) is 0 Å². The molecule has 3 rings (SSSR count). The molecule has 0 spiro atoms. The Hall–Kier alpha value is -2.11. The van der Waals surface area contributed by atoms with Crippen LogP contribution in [0.5, 0.6) is 0 Å². The van der Waals surface area contributed by atoms with E-state index in [4.69, 9.17) is 0 Å². The molecule has 0 bridgehead atoms. The predicted octanol–water partition coefficient (Wildman–Crippen LogP) is 3.08. The second-order valence-corrected chi connectivity index (χ2v) is 5.87. The maximum absolute atomic E-state index is 11.4. The molecule has 1 aliphatic heterocycles. The Balaban J connectivity index is 1.85. The molecule has 2 atom stereocenters. The zero-order valence-electron chi connectivity index (χ0n) is 12.0. The SMILES string of the molecule is CCCC1CC1Nc1cc2c(cc1[N+](=O)[O-])NC(=O)CC2. The van der Waals surface area contributed by atoms with Gasteiger partial charge in [0, 0.05) is 18.5 Å². The van der Waals surface area contributed by atoms with Crippen LogP contribution in [0.3, 0.4) is 0 Å². The van der Waals surface area contributed by atoms with Crippen LogP contribution >= 0.6 is 0 Å². The van der Waals surface area contributed by atoms with Gasteiger partial charge in [0.15, 0.2) is 0 Å². The number of rotatable bonds is 5. The first-order chi connectivity index (χ1) is 10.1. The van der Waals surface area contributed by atoms with E-state index in [0.29, 0.717) is 36.2 Å². The summed E-state index contributed by atoms with van der Waals surface area (Å²) in [5.74, 6) is 0.549. The molecule has 2 unspecified atom stereocenters. The Bertz CT molecular complexity index is 600. The molecular weight excluding hydrogens is 270 g/mol. The molecule has 112 valence electrons. The van der Waals surface area contributed by atoms with E-state index in [0.717, 1.165) is 24.8 Å². The monoisotopic (exact) mass is 289 g/mol. The van der Waals surface area contributed by atoms with Crippen LogP contribution in [0.1, 0.15) is 38.2 Å². The van der Waals surface area contributed by atoms with Crippen LogP contribution in [0.2, 0.25) is 0 Å². The average molecular weight is 289 g/mol. The van der Waals surface area contributed by atoms with E-state index in [1.54, 1.807) is 0 Å². The van der Waals surface area contributed by atoms with E-state index in [2.05, 4.69) is 17.6 Å². The number of anilines is 2. The molecule has 1 aromatic rings. The lowest BCUT2D eigenvalue weighted by Crippen LogP contribution is -2.19. The molecule has 1 amide bonds. The standard InChI is InChI=1S/C15H19N3O3/c1-2-3-9-6-11(9)16-13-7-10-4-5-15(19)17-12(10)8-14(13)18(20)21/h7-9,11,16H,2-6H2,1H3,(H,17,19). The van der Waals surface area contributed by atoms with Crippen molar-refractivity contribution in [2.24, 2.45) is 5.92 Å². The average Bonchev–Trinajstić information content (AvgIpc) is 3.16. The van der Waals surface area contributed by atoms with Crippen molar-refractivity contribution in [1.82, 2.24) is 0 Å². The van der Waals surface area contributed by atoms with Gasteiger partial charge in [-0.3, -0.25) is 14.9 Å². The van der Waals surface area contributed by atoms with Gasteiger partial charge in [-0.25, -0.2) is 0 Å². The second-order valence-electron chi connectivity index (χ2n) is 5.87. The lowest BCUT2D eigenvalue weighted by Gasteiger charge is -2.18. The maximum Gasteiger partial charge on any atom is 0.294 e. The molecule has 2 N–H and O–H groups in total. The number of benzene rings is 1. The van der Waals surface area contributed by atoms with Crippen molar-refractivity contribution >= 4 is 23.0 Å². The highest BCUT2D eigenvalue weighted by Crippen LogP contribution is 2.41. The first-order valence-electron chi connectivity index (χ1n) is 7.46. The molecule has 1 aliphatic carbocycles. The number of amides is 1. The largest absolute Gasteiger partial charge is 0.376 e. The number of hydrogen-bond acceptors (Lipinski definition) is 4. The van der Waals surface area contributed by atoms with Gasteiger partial charge in [-0.1, -0.05) is 13.3 Å². The van der Waals surface area contributed by atoms with Gasteiger partial charge < -0.3 is 10.6 Å². The molecule has 0 saturated heterocycles. The normalized spacial score (nSPS) is 23.2. The number of nitro groups is 1. The number of carbonyl (C=O) groups is 1. The minimum Gasteiger partial charge on any atom is -0.376 e. The minimum atomic E-state index is -0.388. The molecule has 1 aromatic carbocycles. The van der Waals surface area contributed by atoms with Crippen LogP contribution in [0.15, 0.2) is 12.1 Å². The van der Waals surface area contributed by atoms with Crippen molar-refractivity contribution in [2.45, 2.75) is 45.1 Å². The first kappa shape index (κ1) is 13.9. The lowest BCUT2D eigenvalue weighted by atomic mass is 10.0. The summed E-state index contributed by atoms with van der Waals surface area (Å²) in [7, 11) is 0. The zero-order chi connectivity index (χ0) is 15.0. The molecule has 1 heterocycles. The van der Waals surface area contributed by atoms with Gasteiger partial charge in [0.1, 0.15) is 5.69 Å². The Morgan fingerprint density at radius 2 is 2.24 bits per heavy atom. The van der Waals surface area contributed by atoms with Crippen molar-refractivity contribution < 1.29 is 9.72 Å². The van der Waals surface area contributed by atoms with Crippen LogP contribution < -0.4 is 10.6 Å².